The van der Waals surface area contributed by atoms with Crippen LogP contribution in [0.5, 0.6) is 17.2 Å². The van der Waals surface area contributed by atoms with Gasteiger partial charge in [-0.05, 0) is 20.0 Å². The minimum Gasteiger partial charge on any atom is -0.496 e. The van der Waals surface area contributed by atoms with Crippen molar-refractivity contribution in [3.8, 4) is 17.2 Å². The van der Waals surface area contributed by atoms with E-state index in [1.165, 1.54) is 0 Å². The van der Waals surface area contributed by atoms with E-state index in [9.17, 15) is 4.79 Å². The highest BCUT2D eigenvalue weighted by Gasteiger charge is 2.14. The number of hydrogen-bond acceptors (Lipinski definition) is 5. The van der Waals surface area contributed by atoms with E-state index in [0.717, 1.165) is 18.5 Å². The van der Waals surface area contributed by atoms with Gasteiger partial charge in [0.05, 0.1) is 33.4 Å². The average molecular weight is 333 g/mol. The summed E-state index contributed by atoms with van der Waals surface area (Å²) in [5.74, 6) is 1.90. The van der Waals surface area contributed by atoms with E-state index in [4.69, 9.17) is 14.2 Å². The molecule has 1 rings (SSSR count). The molecule has 1 aromatic rings. The first-order chi connectivity index (χ1) is 10.2. The summed E-state index contributed by atoms with van der Waals surface area (Å²) < 4.78 is 15.9. The maximum Gasteiger partial charge on any atom is 0.220 e. The number of benzene rings is 1. The van der Waals surface area contributed by atoms with Crippen LogP contribution >= 0.6 is 12.4 Å². The van der Waals surface area contributed by atoms with E-state index >= 15 is 0 Å². The minimum absolute atomic E-state index is 0. The standard InChI is InChI=1S/C15H24N2O4.ClH/c1-16-7-5-6-15(18)17-10-12-13(20-3)8-11(19-2)9-14(12)21-4;/h8-9,16H,5-7,10H2,1-4H3,(H,17,18);1H. The molecule has 0 aromatic heterocycles. The molecule has 1 amide bonds. The summed E-state index contributed by atoms with van der Waals surface area (Å²) in [6.07, 6.45) is 1.29. The minimum atomic E-state index is 0. The molecule has 0 radical (unpaired) electrons. The number of nitrogens with one attached hydrogen (secondary N) is 2. The molecule has 0 aliphatic heterocycles. The first kappa shape index (κ1) is 20.3. The van der Waals surface area contributed by atoms with Crippen LogP contribution in [0.3, 0.4) is 0 Å². The third-order valence-electron chi connectivity index (χ3n) is 3.11. The van der Waals surface area contributed by atoms with E-state index in [1.807, 2.05) is 7.05 Å². The van der Waals surface area contributed by atoms with Crippen LogP contribution in [0.1, 0.15) is 18.4 Å². The van der Waals surface area contributed by atoms with Crippen LogP contribution < -0.4 is 24.8 Å². The normalized spacial score (nSPS) is 9.64. The molecular formula is C15H25ClN2O4. The fourth-order valence-electron chi connectivity index (χ4n) is 1.95. The van der Waals surface area contributed by atoms with Gasteiger partial charge >= 0.3 is 0 Å². The van der Waals surface area contributed by atoms with Crippen LogP contribution in [-0.2, 0) is 11.3 Å². The second-order valence-electron chi connectivity index (χ2n) is 4.49. The van der Waals surface area contributed by atoms with Crippen molar-refractivity contribution in [1.29, 1.82) is 0 Å². The Labute approximate surface area is 137 Å². The second kappa shape index (κ2) is 11.0. The summed E-state index contributed by atoms with van der Waals surface area (Å²) in [5, 5.41) is 5.89. The molecule has 0 saturated heterocycles. The zero-order chi connectivity index (χ0) is 15.7. The molecule has 2 N–H and O–H groups in total. The Morgan fingerprint density at radius 3 is 2.14 bits per heavy atom. The highest BCUT2D eigenvalue weighted by Crippen LogP contribution is 2.33. The van der Waals surface area contributed by atoms with Crippen LogP contribution in [-0.4, -0.2) is 40.8 Å². The molecular weight excluding hydrogens is 308 g/mol. The number of rotatable bonds is 9. The van der Waals surface area contributed by atoms with E-state index in [2.05, 4.69) is 10.6 Å². The molecule has 0 unspecified atom stereocenters. The number of amides is 1. The number of halogens is 1. The molecule has 0 bridgehead atoms. The molecule has 0 heterocycles. The van der Waals surface area contributed by atoms with Crippen molar-refractivity contribution in [1.82, 2.24) is 10.6 Å². The lowest BCUT2D eigenvalue weighted by atomic mass is 10.1. The fraction of sp³-hybridized carbons (Fsp3) is 0.533. The number of methoxy groups -OCH3 is 3. The predicted molar refractivity (Wildman–Crippen MR) is 88.4 cm³/mol. The topological polar surface area (TPSA) is 68.8 Å². The van der Waals surface area contributed by atoms with Crippen LogP contribution in [0.2, 0.25) is 0 Å². The van der Waals surface area contributed by atoms with Crippen molar-refractivity contribution in [3.05, 3.63) is 17.7 Å². The van der Waals surface area contributed by atoms with Gasteiger partial charge in [-0.25, -0.2) is 0 Å². The van der Waals surface area contributed by atoms with Crippen LogP contribution in [0.25, 0.3) is 0 Å². The smallest absolute Gasteiger partial charge is 0.220 e. The number of carbonyl (C=O) groups is 1. The zero-order valence-electron chi connectivity index (χ0n) is 13.5. The Morgan fingerprint density at radius 1 is 1.09 bits per heavy atom. The third kappa shape index (κ3) is 5.99. The first-order valence-electron chi connectivity index (χ1n) is 6.86. The van der Waals surface area contributed by atoms with E-state index in [1.54, 1.807) is 33.5 Å². The Hall–Kier alpha value is -1.66. The van der Waals surface area contributed by atoms with E-state index < -0.39 is 0 Å². The molecule has 0 aliphatic carbocycles. The molecule has 6 nitrogen and oxygen atoms in total. The van der Waals surface area contributed by atoms with Crippen molar-refractivity contribution in [3.63, 3.8) is 0 Å². The van der Waals surface area contributed by atoms with Crippen molar-refractivity contribution >= 4 is 18.3 Å². The molecule has 0 fully saturated rings. The number of hydrogen-bond donors (Lipinski definition) is 2. The molecule has 0 saturated carbocycles. The first-order valence-corrected chi connectivity index (χ1v) is 6.86. The average Bonchev–Trinajstić information content (AvgIpc) is 2.52. The Kier molecular flexibility index (Phi) is 10.2. The lowest BCUT2D eigenvalue weighted by Gasteiger charge is -2.15. The van der Waals surface area contributed by atoms with Gasteiger partial charge in [0.15, 0.2) is 0 Å². The third-order valence-corrected chi connectivity index (χ3v) is 3.11. The molecule has 7 heteroatoms. The second-order valence-corrected chi connectivity index (χ2v) is 4.49. The maximum atomic E-state index is 11.8. The maximum absolute atomic E-state index is 11.8. The summed E-state index contributed by atoms with van der Waals surface area (Å²) >= 11 is 0. The summed E-state index contributed by atoms with van der Waals surface area (Å²) in [5.41, 5.74) is 0.794. The highest BCUT2D eigenvalue weighted by atomic mass is 35.5. The van der Waals surface area contributed by atoms with Crippen molar-refractivity contribution in [2.24, 2.45) is 0 Å². The van der Waals surface area contributed by atoms with Gasteiger partial charge in [-0.2, -0.15) is 0 Å². The monoisotopic (exact) mass is 332 g/mol. The van der Waals surface area contributed by atoms with Crippen LogP contribution in [0.4, 0.5) is 0 Å². The molecule has 0 atom stereocenters. The molecule has 0 spiro atoms. The van der Waals surface area contributed by atoms with Gasteiger partial charge in [-0.1, -0.05) is 0 Å². The number of ether oxygens (including phenoxy) is 3. The lowest BCUT2D eigenvalue weighted by molar-refractivity contribution is -0.121. The van der Waals surface area contributed by atoms with Crippen molar-refractivity contribution in [2.45, 2.75) is 19.4 Å². The van der Waals surface area contributed by atoms with E-state index in [0.29, 0.717) is 30.2 Å². The summed E-state index contributed by atoms with van der Waals surface area (Å²) in [6.45, 7) is 1.18. The molecule has 1 aromatic carbocycles. The SMILES string of the molecule is CNCCCC(=O)NCc1c(OC)cc(OC)cc1OC.Cl. The van der Waals surface area contributed by atoms with Gasteiger partial charge in [-0.15, -0.1) is 12.4 Å². The summed E-state index contributed by atoms with van der Waals surface area (Å²) in [7, 11) is 6.60. The fourth-order valence-corrected chi connectivity index (χ4v) is 1.95. The molecule has 126 valence electrons. The number of carbonyl (C=O) groups excluding carboxylic acids is 1. The quantitative estimate of drug-likeness (QED) is 0.674. The molecule has 0 aliphatic rings. The van der Waals surface area contributed by atoms with Crippen molar-refractivity contribution in [2.75, 3.05) is 34.9 Å². The largest absolute Gasteiger partial charge is 0.496 e. The Balaban J connectivity index is 0.00000441. The summed E-state index contributed by atoms with van der Waals surface area (Å²) in [6, 6.07) is 3.54. The van der Waals surface area contributed by atoms with Crippen LogP contribution in [0.15, 0.2) is 12.1 Å². The lowest BCUT2D eigenvalue weighted by Crippen LogP contribution is -2.24. The van der Waals surface area contributed by atoms with Gasteiger partial charge < -0.3 is 24.8 Å². The summed E-state index contributed by atoms with van der Waals surface area (Å²) in [4.78, 5) is 11.8. The van der Waals surface area contributed by atoms with Gasteiger partial charge in [0.1, 0.15) is 17.2 Å². The van der Waals surface area contributed by atoms with E-state index in [-0.39, 0.29) is 18.3 Å². The van der Waals surface area contributed by atoms with Gasteiger partial charge in [0.2, 0.25) is 5.91 Å². The predicted octanol–water partition coefficient (Wildman–Crippen LogP) is 1.75. The van der Waals surface area contributed by atoms with Gasteiger partial charge in [0.25, 0.3) is 0 Å². The highest BCUT2D eigenvalue weighted by molar-refractivity contribution is 5.85. The Morgan fingerprint density at radius 2 is 1.68 bits per heavy atom. The van der Waals surface area contributed by atoms with Crippen LogP contribution in [0, 0.1) is 0 Å². The zero-order valence-corrected chi connectivity index (χ0v) is 14.3. The van der Waals surface area contributed by atoms with Gasteiger partial charge in [0, 0.05) is 18.6 Å². The molecule has 22 heavy (non-hydrogen) atoms. The Bertz CT molecular complexity index is 444. The van der Waals surface area contributed by atoms with Gasteiger partial charge in [-0.3, -0.25) is 4.79 Å². The van der Waals surface area contributed by atoms with Crippen molar-refractivity contribution < 1.29 is 19.0 Å².